The van der Waals surface area contributed by atoms with Crippen LogP contribution < -0.4 is 5.32 Å². The lowest BCUT2D eigenvalue weighted by atomic mass is 9.83. The summed E-state index contributed by atoms with van der Waals surface area (Å²) in [6.45, 7) is 7.11. The van der Waals surface area contributed by atoms with Crippen molar-refractivity contribution in [1.29, 1.82) is 0 Å². The maximum atomic E-state index is 5.55. The van der Waals surface area contributed by atoms with Gasteiger partial charge in [0.15, 0.2) is 5.96 Å². The van der Waals surface area contributed by atoms with Gasteiger partial charge in [0.05, 0.1) is 12.9 Å². The second-order valence-electron chi connectivity index (χ2n) is 9.32. The lowest BCUT2D eigenvalue weighted by Gasteiger charge is -2.48. The van der Waals surface area contributed by atoms with Crippen LogP contribution in [0.5, 0.6) is 0 Å². The van der Waals surface area contributed by atoms with Crippen LogP contribution in [0.4, 0.5) is 0 Å². The van der Waals surface area contributed by atoms with Crippen molar-refractivity contribution in [2.24, 2.45) is 16.8 Å². The van der Waals surface area contributed by atoms with Crippen LogP contribution in [0.25, 0.3) is 0 Å². The summed E-state index contributed by atoms with van der Waals surface area (Å²) in [4.78, 5) is 10.4. The molecule has 3 atom stereocenters. The Kier molecular flexibility index (Phi) is 6.09. The molecule has 0 aromatic carbocycles. The number of nitrogens with one attached hydrogen (secondary N) is 1. The third kappa shape index (κ3) is 4.80. The van der Waals surface area contributed by atoms with Crippen LogP contribution in [0.3, 0.4) is 0 Å². The Morgan fingerprint density at radius 2 is 2.14 bits per heavy atom. The molecule has 0 radical (unpaired) electrons. The number of ether oxygens (including phenoxy) is 1. The van der Waals surface area contributed by atoms with Gasteiger partial charge in [0.25, 0.3) is 0 Å². The molecule has 1 aromatic heterocycles. The Morgan fingerprint density at radius 3 is 2.93 bits per heavy atom. The Labute approximate surface area is 174 Å². The van der Waals surface area contributed by atoms with Crippen molar-refractivity contribution in [3.05, 3.63) is 24.2 Å². The molecular formula is C23H36N4O2. The van der Waals surface area contributed by atoms with Crippen LogP contribution >= 0.6 is 0 Å². The molecule has 6 nitrogen and oxygen atoms in total. The standard InChI is InChI=1S/C23H36N4O2/c1-3-19-16-26(12-8-22(19)27(11-1)20-5-6-20)23(25-15-18-9-14-28-17-18)24-10-7-21-4-2-13-29-21/h2,4,13,18-20,22H,1,3,5-12,14-17H2,(H,24,25). The lowest BCUT2D eigenvalue weighted by Crippen LogP contribution is -2.57. The number of likely N-dealkylation sites (tertiary alicyclic amines) is 2. The summed E-state index contributed by atoms with van der Waals surface area (Å²) in [5.41, 5.74) is 0. The molecular weight excluding hydrogens is 364 g/mol. The highest BCUT2D eigenvalue weighted by atomic mass is 16.5. The van der Waals surface area contributed by atoms with Gasteiger partial charge in [0.2, 0.25) is 0 Å². The van der Waals surface area contributed by atoms with Crippen LogP contribution in [0.1, 0.15) is 44.3 Å². The normalized spacial score (nSPS) is 31.1. The lowest BCUT2D eigenvalue weighted by molar-refractivity contribution is 0.0369. The van der Waals surface area contributed by atoms with Gasteiger partial charge in [-0.2, -0.15) is 0 Å². The smallest absolute Gasteiger partial charge is 0.193 e. The van der Waals surface area contributed by atoms with Crippen molar-refractivity contribution in [3.8, 4) is 0 Å². The molecule has 1 saturated carbocycles. The van der Waals surface area contributed by atoms with Gasteiger partial charge >= 0.3 is 0 Å². The maximum absolute atomic E-state index is 5.55. The summed E-state index contributed by atoms with van der Waals surface area (Å²) in [5.74, 6) is 3.51. The van der Waals surface area contributed by atoms with E-state index in [2.05, 4.69) is 15.1 Å². The Morgan fingerprint density at radius 1 is 1.17 bits per heavy atom. The van der Waals surface area contributed by atoms with E-state index in [0.29, 0.717) is 5.92 Å². The first-order valence-corrected chi connectivity index (χ1v) is 11.8. The number of guanidine groups is 1. The number of piperidine rings is 2. The molecule has 1 aromatic rings. The molecule has 6 heteroatoms. The zero-order valence-corrected chi connectivity index (χ0v) is 17.6. The van der Waals surface area contributed by atoms with Crippen molar-refractivity contribution in [2.45, 2.75) is 57.0 Å². The molecule has 1 aliphatic carbocycles. The minimum Gasteiger partial charge on any atom is -0.469 e. The van der Waals surface area contributed by atoms with Crippen LogP contribution in [0.2, 0.25) is 0 Å². The topological polar surface area (TPSA) is 53.2 Å². The van der Waals surface area contributed by atoms with Gasteiger partial charge in [-0.05, 0) is 63.1 Å². The third-order valence-corrected chi connectivity index (χ3v) is 7.18. The Bertz CT molecular complexity index is 666. The van der Waals surface area contributed by atoms with Gasteiger partial charge in [0, 0.05) is 57.2 Å². The monoisotopic (exact) mass is 400 g/mol. The second kappa shape index (κ2) is 9.09. The van der Waals surface area contributed by atoms with Crippen LogP contribution in [-0.2, 0) is 11.2 Å². The highest BCUT2D eigenvalue weighted by molar-refractivity contribution is 5.80. The van der Waals surface area contributed by atoms with Gasteiger partial charge < -0.3 is 19.4 Å². The van der Waals surface area contributed by atoms with Gasteiger partial charge in [-0.25, -0.2) is 0 Å². The van der Waals surface area contributed by atoms with Crippen molar-refractivity contribution in [3.63, 3.8) is 0 Å². The van der Waals surface area contributed by atoms with Crippen molar-refractivity contribution in [1.82, 2.24) is 15.1 Å². The van der Waals surface area contributed by atoms with Crippen molar-refractivity contribution in [2.75, 3.05) is 45.9 Å². The molecule has 4 aliphatic rings. The van der Waals surface area contributed by atoms with E-state index in [0.717, 1.165) is 82.0 Å². The maximum Gasteiger partial charge on any atom is 0.193 e. The number of aliphatic imine (C=N–C) groups is 1. The van der Waals surface area contributed by atoms with E-state index in [1.165, 1.54) is 38.6 Å². The van der Waals surface area contributed by atoms with Gasteiger partial charge in [0.1, 0.15) is 5.76 Å². The summed E-state index contributed by atoms with van der Waals surface area (Å²) in [6, 6.07) is 5.72. The highest BCUT2D eigenvalue weighted by Gasteiger charge is 2.42. The van der Waals surface area contributed by atoms with Crippen LogP contribution in [-0.4, -0.2) is 73.8 Å². The van der Waals surface area contributed by atoms with E-state index in [1.807, 2.05) is 12.1 Å². The van der Waals surface area contributed by atoms with Crippen LogP contribution in [0, 0.1) is 11.8 Å². The van der Waals surface area contributed by atoms with Crippen molar-refractivity contribution < 1.29 is 9.15 Å². The molecule has 4 heterocycles. The molecule has 0 bridgehead atoms. The summed E-state index contributed by atoms with van der Waals surface area (Å²) in [6.07, 6.45) is 10.7. The second-order valence-corrected chi connectivity index (χ2v) is 9.32. The first kappa shape index (κ1) is 19.4. The quantitative estimate of drug-likeness (QED) is 0.588. The Balaban J connectivity index is 1.22. The van der Waals surface area contributed by atoms with Gasteiger partial charge in [-0.3, -0.25) is 9.89 Å². The minimum absolute atomic E-state index is 0.578. The number of nitrogens with zero attached hydrogens (tertiary/aromatic N) is 3. The number of fused-ring (bicyclic) bond motifs is 1. The molecule has 29 heavy (non-hydrogen) atoms. The van der Waals surface area contributed by atoms with E-state index in [4.69, 9.17) is 14.1 Å². The fraction of sp³-hybridized carbons (Fsp3) is 0.783. The average Bonchev–Trinajstić information content (AvgIpc) is 3.22. The number of hydrogen-bond acceptors (Lipinski definition) is 4. The first-order valence-electron chi connectivity index (χ1n) is 11.8. The third-order valence-electron chi connectivity index (χ3n) is 7.18. The fourth-order valence-electron chi connectivity index (χ4n) is 5.46. The zero-order valence-electron chi connectivity index (χ0n) is 17.6. The molecule has 1 N–H and O–H groups in total. The molecule has 5 rings (SSSR count). The molecule has 0 amide bonds. The minimum atomic E-state index is 0.578. The van der Waals surface area contributed by atoms with Crippen molar-refractivity contribution >= 4 is 5.96 Å². The molecule has 4 fully saturated rings. The number of hydrogen-bond donors (Lipinski definition) is 1. The average molecular weight is 401 g/mol. The fourth-order valence-corrected chi connectivity index (χ4v) is 5.46. The molecule has 3 saturated heterocycles. The summed E-state index contributed by atoms with van der Waals surface area (Å²) < 4.78 is 11.1. The molecule has 0 spiro atoms. The van der Waals surface area contributed by atoms with Crippen LogP contribution in [0.15, 0.2) is 27.8 Å². The number of rotatable bonds is 6. The van der Waals surface area contributed by atoms with Gasteiger partial charge in [-0.15, -0.1) is 0 Å². The summed E-state index contributed by atoms with van der Waals surface area (Å²) in [5, 5.41) is 3.66. The van der Waals surface area contributed by atoms with E-state index in [-0.39, 0.29) is 0 Å². The summed E-state index contributed by atoms with van der Waals surface area (Å²) >= 11 is 0. The highest BCUT2D eigenvalue weighted by Crippen LogP contribution is 2.38. The predicted molar refractivity (Wildman–Crippen MR) is 114 cm³/mol. The van der Waals surface area contributed by atoms with Gasteiger partial charge in [-0.1, -0.05) is 0 Å². The van der Waals surface area contributed by atoms with E-state index < -0.39 is 0 Å². The van der Waals surface area contributed by atoms with E-state index in [9.17, 15) is 0 Å². The first-order chi connectivity index (χ1) is 14.4. The SMILES string of the molecule is c1coc(CCNC(=NCC2CCOC2)N2CCC3C(CCCN3C3CC3)C2)c1. The largest absolute Gasteiger partial charge is 0.469 e. The predicted octanol–water partition coefficient (Wildman–Crippen LogP) is 2.75. The number of furan rings is 1. The molecule has 3 unspecified atom stereocenters. The molecule has 3 aliphatic heterocycles. The van der Waals surface area contributed by atoms with E-state index in [1.54, 1.807) is 6.26 Å². The zero-order chi connectivity index (χ0) is 19.5. The molecule has 160 valence electrons. The van der Waals surface area contributed by atoms with E-state index >= 15 is 0 Å². The summed E-state index contributed by atoms with van der Waals surface area (Å²) in [7, 11) is 0. The Hall–Kier alpha value is -1.53.